The summed E-state index contributed by atoms with van der Waals surface area (Å²) >= 11 is 0. The van der Waals surface area contributed by atoms with Gasteiger partial charge in [0.2, 0.25) is 5.91 Å². The molecule has 2 aromatic carbocycles. The largest absolute Gasteiger partial charge is 0.497 e. The van der Waals surface area contributed by atoms with E-state index < -0.39 is 0 Å². The van der Waals surface area contributed by atoms with Gasteiger partial charge in [-0.1, -0.05) is 58.9 Å². The number of rotatable bonds is 9. The van der Waals surface area contributed by atoms with Crippen molar-refractivity contribution in [1.29, 1.82) is 0 Å². The maximum absolute atomic E-state index is 13.3. The van der Waals surface area contributed by atoms with Crippen molar-refractivity contribution in [3.8, 4) is 11.4 Å². The first-order valence-electron chi connectivity index (χ1n) is 12.6. The number of aryl methyl sites for hydroxylation is 1. The molecule has 0 aliphatic carbocycles. The quantitative estimate of drug-likeness (QED) is 0.373. The van der Waals surface area contributed by atoms with Crippen LogP contribution in [0.4, 0.5) is 16.3 Å². The number of para-hydroxylation sites is 1. The van der Waals surface area contributed by atoms with Crippen molar-refractivity contribution in [3.63, 3.8) is 0 Å². The van der Waals surface area contributed by atoms with Gasteiger partial charge < -0.3 is 20.3 Å². The molecule has 37 heavy (non-hydrogen) atoms. The van der Waals surface area contributed by atoms with Crippen LogP contribution in [0.5, 0.6) is 5.75 Å². The predicted molar refractivity (Wildman–Crippen MR) is 149 cm³/mol. The van der Waals surface area contributed by atoms with E-state index >= 15 is 0 Å². The smallest absolute Gasteiger partial charge is 0.322 e. The highest BCUT2D eigenvalue weighted by Gasteiger charge is 2.24. The standard InChI is InChI=1S/C29H39N5O3/c1-20(2)15-16-33(28(36)30-22-12-10-13-23(17-22)37-7)19-27(35)31-26-18-25(29(4,5)6)32-34(26)24-14-9-8-11-21(24)3/h8-14,17-18,20H,15-16,19H2,1-7H3,(H,30,36)(H,31,35). The Balaban J connectivity index is 1.83. The minimum Gasteiger partial charge on any atom is -0.497 e. The fourth-order valence-corrected chi connectivity index (χ4v) is 3.75. The van der Waals surface area contributed by atoms with Crippen molar-refractivity contribution in [2.24, 2.45) is 5.92 Å². The zero-order valence-corrected chi connectivity index (χ0v) is 23.0. The lowest BCUT2D eigenvalue weighted by Gasteiger charge is -2.23. The highest BCUT2D eigenvalue weighted by molar-refractivity contribution is 5.96. The monoisotopic (exact) mass is 505 g/mol. The lowest BCUT2D eigenvalue weighted by Crippen LogP contribution is -2.41. The molecule has 0 radical (unpaired) electrons. The van der Waals surface area contributed by atoms with Gasteiger partial charge in [0.05, 0.1) is 18.5 Å². The zero-order valence-electron chi connectivity index (χ0n) is 23.0. The Morgan fingerprint density at radius 3 is 2.43 bits per heavy atom. The number of urea groups is 1. The van der Waals surface area contributed by atoms with Crippen LogP contribution in [0, 0.1) is 12.8 Å². The minimum absolute atomic E-state index is 0.0909. The van der Waals surface area contributed by atoms with E-state index in [9.17, 15) is 9.59 Å². The molecule has 0 fully saturated rings. The first kappa shape index (κ1) is 27.8. The van der Waals surface area contributed by atoms with Crippen molar-refractivity contribution in [2.75, 3.05) is 30.8 Å². The van der Waals surface area contributed by atoms with Gasteiger partial charge in [-0.3, -0.25) is 4.79 Å². The third kappa shape index (κ3) is 7.59. The molecule has 3 rings (SSSR count). The summed E-state index contributed by atoms with van der Waals surface area (Å²) in [5, 5.41) is 10.7. The SMILES string of the molecule is COc1cccc(NC(=O)N(CCC(C)C)CC(=O)Nc2cc(C(C)(C)C)nn2-c2ccccc2C)c1. The second-order valence-corrected chi connectivity index (χ2v) is 10.7. The van der Waals surface area contributed by atoms with Gasteiger partial charge >= 0.3 is 6.03 Å². The number of anilines is 2. The molecule has 3 amide bonds. The van der Waals surface area contributed by atoms with Crippen molar-refractivity contribution in [1.82, 2.24) is 14.7 Å². The molecule has 8 heteroatoms. The van der Waals surface area contributed by atoms with Crippen molar-refractivity contribution < 1.29 is 14.3 Å². The number of aromatic nitrogens is 2. The van der Waals surface area contributed by atoms with Crippen LogP contribution in [-0.4, -0.2) is 46.8 Å². The molecule has 1 heterocycles. The lowest BCUT2D eigenvalue weighted by molar-refractivity contribution is -0.116. The van der Waals surface area contributed by atoms with Gasteiger partial charge in [-0.05, 0) is 43.0 Å². The number of nitrogens with zero attached hydrogens (tertiary/aromatic N) is 3. The van der Waals surface area contributed by atoms with Gasteiger partial charge in [-0.25, -0.2) is 9.48 Å². The third-order valence-electron chi connectivity index (χ3n) is 6.01. The Hall–Kier alpha value is -3.81. The topological polar surface area (TPSA) is 88.5 Å². The number of ether oxygens (including phenoxy) is 1. The summed E-state index contributed by atoms with van der Waals surface area (Å²) in [5.41, 5.74) is 3.19. The van der Waals surface area contributed by atoms with Crippen LogP contribution in [0.1, 0.15) is 52.3 Å². The number of benzene rings is 2. The Bertz CT molecular complexity index is 1230. The van der Waals surface area contributed by atoms with Crippen LogP contribution in [0.25, 0.3) is 5.69 Å². The summed E-state index contributed by atoms with van der Waals surface area (Å²) in [5.74, 6) is 1.30. The lowest BCUT2D eigenvalue weighted by atomic mass is 9.92. The fraction of sp³-hybridized carbons (Fsp3) is 0.414. The van der Waals surface area contributed by atoms with Crippen LogP contribution in [0.15, 0.2) is 54.6 Å². The average Bonchev–Trinajstić information content (AvgIpc) is 3.26. The second kappa shape index (κ2) is 12.0. The van der Waals surface area contributed by atoms with Crippen molar-refractivity contribution in [2.45, 2.75) is 53.4 Å². The summed E-state index contributed by atoms with van der Waals surface area (Å²) in [6, 6.07) is 16.6. The zero-order chi connectivity index (χ0) is 27.2. The first-order valence-corrected chi connectivity index (χ1v) is 12.6. The van der Waals surface area contributed by atoms with Gasteiger partial charge in [0.25, 0.3) is 0 Å². The third-order valence-corrected chi connectivity index (χ3v) is 6.01. The summed E-state index contributed by atoms with van der Waals surface area (Å²) in [6.45, 7) is 12.8. The van der Waals surface area contributed by atoms with Crippen LogP contribution in [0.3, 0.4) is 0 Å². The molecule has 198 valence electrons. The molecule has 2 N–H and O–H groups in total. The molecule has 0 atom stereocenters. The van der Waals surface area contributed by atoms with E-state index in [1.165, 1.54) is 4.90 Å². The van der Waals surface area contributed by atoms with Gasteiger partial charge in [0.1, 0.15) is 18.1 Å². The van der Waals surface area contributed by atoms with E-state index in [0.717, 1.165) is 23.4 Å². The number of nitrogens with one attached hydrogen (secondary N) is 2. The van der Waals surface area contributed by atoms with E-state index in [1.54, 1.807) is 30.0 Å². The van der Waals surface area contributed by atoms with E-state index in [-0.39, 0.29) is 23.9 Å². The predicted octanol–water partition coefficient (Wildman–Crippen LogP) is 6.01. The van der Waals surface area contributed by atoms with Crippen molar-refractivity contribution in [3.05, 3.63) is 65.9 Å². The molecule has 0 spiro atoms. The molecule has 0 saturated heterocycles. The number of hydrogen-bond donors (Lipinski definition) is 2. The Labute approximate surface area is 220 Å². The summed E-state index contributed by atoms with van der Waals surface area (Å²) in [4.78, 5) is 28.0. The Morgan fingerprint density at radius 1 is 1.05 bits per heavy atom. The van der Waals surface area contributed by atoms with Gasteiger partial charge in [0, 0.05) is 29.8 Å². The van der Waals surface area contributed by atoms with E-state index in [2.05, 4.69) is 45.3 Å². The molecule has 0 bridgehead atoms. The molecular formula is C29H39N5O3. The molecule has 1 aromatic heterocycles. The fourth-order valence-electron chi connectivity index (χ4n) is 3.75. The Kier molecular flexibility index (Phi) is 8.97. The number of carbonyl (C=O) groups excluding carboxylic acids is 2. The molecule has 8 nitrogen and oxygen atoms in total. The minimum atomic E-state index is -0.341. The van der Waals surface area contributed by atoms with Gasteiger partial charge in [0.15, 0.2) is 0 Å². The maximum atomic E-state index is 13.3. The van der Waals surface area contributed by atoms with Crippen molar-refractivity contribution >= 4 is 23.4 Å². The summed E-state index contributed by atoms with van der Waals surface area (Å²) in [6.07, 6.45) is 0.772. The highest BCUT2D eigenvalue weighted by atomic mass is 16.5. The van der Waals surface area contributed by atoms with Crippen LogP contribution >= 0.6 is 0 Å². The number of hydrogen-bond acceptors (Lipinski definition) is 4. The number of amides is 3. The average molecular weight is 506 g/mol. The van der Waals surface area contributed by atoms with Gasteiger partial charge in [-0.2, -0.15) is 5.10 Å². The van der Waals surface area contributed by atoms with Crippen LogP contribution in [-0.2, 0) is 10.2 Å². The molecule has 0 aliphatic heterocycles. The molecule has 0 aliphatic rings. The van der Waals surface area contributed by atoms with Crippen LogP contribution < -0.4 is 15.4 Å². The Morgan fingerprint density at radius 2 is 1.78 bits per heavy atom. The number of methoxy groups -OCH3 is 1. The van der Waals surface area contributed by atoms with E-state index in [4.69, 9.17) is 9.84 Å². The molecular weight excluding hydrogens is 466 g/mol. The summed E-state index contributed by atoms with van der Waals surface area (Å²) < 4.78 is 7.02. The number of carbonyl (C=O) groups is 2. The highest BCUT2D eigenvalue weighted by Crippen LogP contribution is 2.27. The summed E-state index contributed by atoms with van der Waals surface area (Å²) in [7, 11) is 1.58. The normalized spacial score (nSPS) is 11.4. The molecule has 0 saturated carbocycles. The molecule has 3 aromatic rings. The maximum Gasteiger partial charge on any atom is 0.322 e. The van der Waals surface area contributed by atoms with Gasteiger partial charge in [-0.15, -0.1) is 0 Å². The first-order chi connectivity index (χ1) is 17.5. The van der Waals surface area contributed by atoms with E-state index in [1.807, 2.05) is 43.3 Å². The van der Waals surface area contributed by atoms with E-state index in [0.29, 0.717) is 29.7 Å². The van der Waals surface area contributed by atoms with Crippen LogP contribution in [0.2, 0.25) is 0 Å². The second-order valence-electron chi connectivity index (χ2n) is 10.7. The molecule has 0 unspecified atom stereocenters.